The first kappa shape index (κ1) is 14.5. The van der Waals surface area contributed by atoms with Crippen LogP contribution in [0, 0.1) is 17.8 Å². The molecule has 5 heteroatoms. The number of aliphatic carboxylic acids is 1. The minimum Gasteiger partial charge on any atom is -0.478 e. The molecule has 0 radical (unpaired) electrons. The summed E-state index contributed by atoms with van der Waals surface area (Å²) in [5.41, 5.74) is -1.02. The van der Waals surface area contributed by atoms with E-state index in [9.17, 15) is 20.1 Å². The second kappa shape index (κ2) is 4.58. The third-order valence-corrected chi connectivity index (χ3v) is 4.77. The van der Waals surface area contributed by atoms with Crippen LogP contribution in [0.1, 0.15) is 39.0 Å². The monoisotopic (exact) mass is 270 g/mol. The van der Waals surface area contributed by atoms with Crippen molar-refractivity contribution in [2.75, 3.05) is 0 Å². The predicted octanol–water partition coefficient (Wildman–Crippen LogP) is 0.885. The summed E-state index contributed by atoms with van der Waals surface area (Å²) in [7, 11) is 0. The number of hydrogen-bond acceptors (Lipinski definition) is 4. The van der Waals surface area contributed by atoms with Crippen LogP contribution in [-0.2, 0) is 4.79 Å². The van der Waals surface area contributed by atoms with Gasteiger partial charge in [-0.25, -0.2) is 4.79 Å². The van der Waals surface area contributed by atoms with Gasteiger partial charge in [-0.1, -0.05) is 6.58 Å². The van der Waals surface area contributed by atoms with Crippen LogP contribution >= 0.6 is 0 Å². The van der Waals surface area contributed by atoms with Crippen molar-refractivity contribution in [2.24, 2.45) is 17.8 Å². The molecule has 0 spiro atoms. The molecular weight excluding hydrogens is 248 g/mol. The third-order valence-electron chi connectivity index (χ3n) is 4.77. The van der Waals surface area contributed by atoms with E-state index in [2.05, 4.69) is 6.58 Å². The zero-order valence-electron chi connectivity index (χ0n) is 11.2. The molecule has 0 aromatic heterocycles. The molecule has 4 fully saturated rings. The molecule has 0 heterocycles. The van der Waals surface area contributed by atoms with Gasteiger partial charge >= 0.3 is 5.97 Å². The quantitative estimate of drug-likeness (QED) is 0.419. The molecule has 19 heavy (non-hydrogen) atoms. The number of carboxylic acids is 1. The van der Waals surface area contributed by atoms with E-state index in [1.54, 1.807) is 0 Å². The van der Waals surface area contributed by atoms with Crippen molar-refractivity contribution in [1.29, 1.82) is 0 Å². The van der Waals surface area contributed by atoms with Crippen LogP contribution in [0.15, 0.2) is 12.2 Å². The summed E-state index contributed by atoms with van der Waals surface area (Å²) in [6.45, 7) is 4.60. The van der Waals surface area contributed by atoms with Crippen molar-refractivity contribution in [1.82, 2.24) is 0 Å². The molecule has 4 aliphatic rings. The van der Waals surface area contributed by atoms with Crippen molar-refractivity contribution < 1.29 is 25.2 Å². The number of aliphatic hydroxyl groups is 3. The van der Waals surface area contributed by atoms with Gasteiger partial charge in [-0.3, -0.25) is 0 Å². The fraction of sp³-hybridized carbons (Fsp3) is 0.786. The molecule has 0 saturated heterocycles. The second-order valence-electron chi connectivity index (χ2n) is 6.39. The van der Waals surface area contributed by atoms with Crippen LogP contribution in [0.2, 0.25) is 0 Å². The maximum absolute atomic E-state index is 10.1. The fourth-order valence-electron chi connectivity index (χ4n) is 3.95. The number of hydrogen-bond donors (Lipinski definition) is 4. The van der Waals surface area contributed by atoms with Gasteiger partial charge < -0.3 is 20.4 Å². The molecule has 2 atom stereocenters. The van der Waals surface area contributed by atoms with Gasteiger partial charge in [0.2, 0.25) is 0 Å². The molecule has 4 aliphatic carbocycles. The molecule has 2 unspecified atom stereocenters. The Morgan fingerprint density at radius 2 is 1.53 bits per heavy atom. The summed E-state index contributed by atoms with van der Waals surface area (Å²) >= 11 is 0. The first-order valence-electron chi connectivity index (χ1n) is 6.71. The largest absolute Gasteiger partial charge is 0.478 e. The van der Waals surface area contributed by atoms with Gasteiger partial charge in [0.25, 0.3) is 0 Å². The Morgan fingerprint density at radius 3 is 1.84 bits per heavy atom. The lowest BCUT2D eigenvalue weighted by Gasteiger charge is -2.60. The fourth-order valence-corrected chi connectivity index (χ4v) is 3.95. The number of rotatable bonds is 1. The molecular formula is C14H22O5. The Labute approximate surface area is 112 Å². The molecule has 0 amide bonds. The van der Waals surface area contributed by atoms with E-state index in [4.69, 9.17) is 5.11 Å². The molecule has 5 nitrogen and oxygen atoms in total. The summed E-state index contributed by atoms with van der Waals surface area (Å²) < 4.78 is 0. The first-order valence-corrected chi connectivity index (χ1v) is 6.71. The van der Waals surface area contributed by atoms with Crippen LogP contribution in [0.3, 0.4) is 0 Å². The van der Waals surface area contributed by atoms with E-state index < -0.39 is 17.4 Å². The van der Waals surface area contributed by atoms with Gasteiger partial charge in [-0.05, 0) is 50.9 Å². The topological polar surface area (TPSA) is 98.0 Å². The summed E-state index contributed by atoms with van der Waals surface area (Å²) in [4.78, 5) is 9.60. The number of carbonyl (C=O) groups is 1. The highest BCUT2D eigenvalue weighted by atomic mass is 16.5. The van der Waals surface area contributed by atoms with E-state index in [1.165, 1.54) is 13.3 Å². The van der Waals surface area contributed by atoms with Crippen LogP contribution in [0.5, 0.6) is 0 Å². The second-order valence-corrected chi connectivity index (χ2v) is 6.39. The van der Waals surface area contributed by atoms with Crippen molar-refractivity contribution in [3.8, 4) is 0 Å². The summed E-state index contributed by atoms with van der Waals surface area (Å²) in [6, 6.07) is 0. The van der Waals surface area contributed by atoms with Crippen molar-refractivity contribution in [3.63, 3.8) is 0 Å². The smallest absolute Gasteiger partial charge is 0.330 e. The SMILES string of the molecule is C=C(C)C(=O)O.OC12CC3CC(CC(C3)C1(O)O)C2. The van der Waals surface area contributed by atoms with Crippen molar-refractivity contribution in [3.05, 3.63) is 12.2 Å². The van der Waals surface area contributed by atoms with E-state index in [0.29, 0.717) is 24.7 Å². The van der Waals surface area contributed by atoms with Crippen LogP contribution < -0.4 is 0 Å². The third kappa shape index (κ3) is 2.42. The van der Waals surface area contributed by atoms with Crippen LogP contribution in [0.25, 0.3) is 0 Å². The van der Waals surface area contributed by atoms with Crippen molar-refractivity contribution >= 4 is 5.97 Å². The molecule has 4 bridgehead atoms. The van der Waals surface area contributed by atoms with Gasteiger partial charge in [0, 0.05) is 11.5 Å². The molecule has 4 rings (SSSR count). The highest BCUT2D eigenvalue weighted by molar-refractivity contribution is 5.84. The Bertz CT molecular complexity index is 375. The molecule has 0 aliphatic heterocycles. The van der Waals surface area contributed by atoms with E-state index >= 15 is 0 Å². The van der Waals surface area contributed by atoms with Gasteiger partial charge in [0.05, 0.1) is 0 Å². The Morgan fingerprint density at radius 1 is 1.11 bits per heavy atom. The van der Waals surface area contributed by atoms with Crippen LogP contribution in [-0.4, -0.2) is 37.8 Å². The van der Waals surface area contributed by atoms with Gasteiger partial charge in [0.15, 0.2) is 5.79 Å². The van der Waals surface area contributed by atoms with Crippen molar-refractivity contribution in [2.45, 2.75) is 50.4 Å². The van der Waals surface area contributed by atoms with E-state index in [-0.39, 0.29) is 11.5 Å². The highest BCUT2D eigenvalue weighted by Crippen LogP contribution is 2.59. The summed E-state index contributed by atoms with van der Waals surface area (Å²) in [6.07, 6.45) is 4.16. The van der Waals surface area contributed by atoms with Crippen LogP contribution in [0.4, 0.5) is 0 Å². The molecule has 0 aromatic carbocycles. The standard InChI is InChI=1S/C10H16O3.C4H6O2/c11-9-4-6-1-7(5-9)3-8(2-6)10(9,12)13;1-3(2)4(5)6/h6-8,11-13H,1-5H2;1H2,2H3,(H,5,6). The normalized spacial score (nSPS) is 41.4. The zero-order chi connectivity index (χ0) is 14.4. The molecule has 108 valence electrons. The van der Waals surface area contributed by atoms with Gasteiger partial charge in [0.1, 0.15) is 5.60 Å². The Kier molecular flexibility index (Phi) is 3.49. The predicted molar refractivity (Wildman–Crippen MR) is 68.1 cm³/mol. The molecule has 4 saturated carbocycles. The maximum Gasteiger partial charge on any atom is 0.330 e. The lowest BCUT2D eigenvalue weighted by molar-refractivity contribution is -0.358. The maximum atomic E-state index is 10.1. The average Bonchev–Trinajstić information content (AvgIpc) is 2.25. The summed E-state index contributed by atoms with van der Waals surface area (Å²) in [5.74, 6) is -1.75. The molecule has 0 aromatic rings. The average molecular weight is 270 g/mol. The zero-order valence-corrected chi connectivity index (χ0v) is 11.2. The van der Waals surface area contributed by atoms with Gasteiger partial charge in [-0.2, -0.15) is 0 Å². The highest BCUT2D eigenvalue weighted by Gasteiger charge is 2.64. The minimum absolute atomic E-state index is 0.0799. The lowest BCUT2D eigenvalue weighted by atomic mass is 9.51. The minimum atomic E-state index is -1.81. The lowest BCUT2D eigenvalue weighted by Crippen LogP contribution is -2.68. The first-order chi connectivity index (χ1) is 8.65. The summed E-state index contributed by atoms with van der Waals surface area (Å²) in [5, 5.41) is 37.7. The van der Waals surface area contributed by atoms with E-state index in [1.807, 2.05) is 0 Å². The number of carboxylic acid groups (broad SMARTS) is 1. The van der Waals surface area contributed by atoms with E-state index in [0.717, 1.165) is 12.8 Å². The Hall–Kier alpha value is -0.910. The molecule has 4 N–H and O–H groups in total. The Balaban J connectivity index is 0.000000192. The van der Waals surface area contributed by atoms with Gasteiger partial charge in [-0.15, -0.1) is 0 Å².